The van der Waals surface area contributed by atoms with Crippen molar-refractivity contribution >= 4 is 5.91 Å². The van der Waals surface area contributed by atoms with Gasteiger partial charge >= 0.3 is 0 Å². The molecule has 0 spiro atoms. The fourth-order valence-corrected chi connectivity index (χ4v) is 2.28. The zero-order valence-corrected chi connectivity index (χ0v) is 12.3. The maximum absolute atomic E-state index is 12.6. The minimum absolute atomic E-state index is 0.0737. The predicted octanol–water partition coefficient (Wildman–Crippen LogP) is 1.63. The molecule has 1 aliphatic heterocycles. The average Bonchev–Trinajstić information content (AvgIpc) is 2.84. The molecule has 0 saturated carbocycles. The Morgan fingerprint density at radius 2 is 1.89 bits per heavy atom. The lowest BCUT2D eigenvalue weighted by Crippen LogP contribution is -2.46. The molecular formula is C14H24N4O. The number of nitrogens with zero attached hydrogens (tertiary/aromatic N) is 3. The highest BCUT2D eigenvalue weighted by Crippen LogP contribution is 2.21. The van der Waals surface area contributed by atoms with Crippen LogP contribution in [0.3, 0.4) is 0 Å². The third-order valence-corrected chi connectivity index (χ3v) is 3.52. The van der Waals surface area contributed by atoms with E-state index >= 15 is 0 Å². The molecule has 0 bridgehead atoms. The van der Waals surface area contributed by atoms with Crippen LogP contribution in [0.25, 0.3) is 0 Å². The Morgan fingerprint density at radius 1 is 1.26 bits per heavy atom. The molecule has 0 aliphatic carbocycles. The summed E-state index contributed by atoms with van der Waals surface area (Å²) in [5.74, 6) is 0.388. The van der Waals surface area contributed by atoms with E-state index in [1.165, 1.54) is 0 Å². The van der Waals surface area contributed by atoms with Crippen LogP contribution >= 0.6 is 0 Å². The molecule has 0 unspecified atom stereocenters. The van der Waals surface area contributed by atoms with Crippen LogP contribution in [0, 0.1) is 0 Å². The summed E-state index contributed by atoms with van der Waals surface area (Å²) >= 11 is 0. The van der Waals surface area contributed by atoms with Crippen molar-refractivity contribution in [2.45, 2.75) is 39.7 Å². The number of nitrogens with one attached hydrogen (secondary N) is 1. The first kappa shape index (κ1) is 14.1. The van der Waals surface area contributed by atoms with Crippen molar-refractivity contribution in [3.05, 3.63) is 17.5 Å². The molecule has 106 valence electrons. The summed E-state index contributed by atoms with van der Waals surface area (Å²) in [5.41, 5.74) is 1.68. The van der Waals surface area contributed by atoms with Crippen molar-refractivity contribution in [3.63, 3.8) is 0 Å². The van der Waals surface area contributed by atoms with Gasteiger partial charge in [-0.1, -0.05) is 13.8 Å². The van der Waals surface area contributed by atoms with Gasteiger partial charge in [-0.25, -0.2) is 0 Å². The Morgan fingerprint density at radius 3 is 2.42 bits per heavy atom. The Labute approximate surface area is 115 Å². The van der Waals surface area contributed by atoms with Crippen LogP contribution in [-0.4, -0.2) is 46.8 Å². The lowest BCUT2D eigenvalue weighted by atomic mass is 10.0. The van der Waals surface area contributed by atoms with Crippen LogP contribution in [0.4, 0.5) is 0 Å². The van der Waals surface area contributed by atoms with Crippen molar-refractivity contribution in [1.29, 1.82) is 0 Å². The molecule has 19 heavy (non-hydrogen) atoms. The number of amides is 1. The number of rotatable bonds is 3. The zero-order valence-electron chi connectivity index (χ0n) is 12.3. The van der Waals surface area contributed by atoms with E-state index in [9.17, 15) is 4.79 Å². The van der Waals surface area contributed by atoms with Gasteiger partial charge in [-0.05, 0) is 19.8 Å². The molecule has 5 nitrogen and oxygen atoms in total. The maximum atomic E-state index is 12.6. The first-order valence-electron chi connectivity index (χ1n) is 7.09. The van der Waals surface area contributed by atoms with Crippen LogP contribution in [-0.2, 0) is 0 Å². The van der Waals surface area contributed by atoms with E-state index in [2.05, 4.69) is 38.1 Å². The molecule has 2 rings (SSSR count). The summed E-state index contributed by atoms with van der Waals surface area (Å²) in [5, 5.41) is 7.77. The number of carbonyl (C=O) groups excluding carboxylic acids is 1. The van der Waals surface area contributed by atoms with Crippen LogP contribution in [0.1, 0.15) is 55.7 Å². The van der Waals surface area contributed by atoms with Crippen molar-refractivity contribution in [3.8, 4) is 0 Å². The Bertz CT molecular complexity index is 444. The molecule has 1 N–H and O–H groups in total. The minimum Gasteiger partial charge on any atom is -0.335 e. The number of piperazine rings is 1. The van der Waals surface area contributed by atoms with Gasteiger partial charge in [0.15, 0.2) is 5.69 Å². The molecule has 1 aliphatic rings. The molecule has 1 aromatic rings. The molecule has 1 saturated heterocycles. The smallest absolute Gasteiger partial charge is 0.274 e. The molecular weight excluding hydrogens is 240 g/mol. The van der Waals surface area contributed by atoms with E-state index in [1.54, 1.807) is 0 Å². The average molecular weight is 264 g/mol. The summed E-state index contributed by atoms with van der Waals surface area (Å²) in [6, 6.07) is 0.280. The first-order chi connectivity index (χ1) is 9.00. The van der Waals surface area contributed by atoms with Crippen LogP contribution < -0.4 is 5.32 Å². The fourth-order valence-electron chi connectivity index (χ4n) is 2.28. The summed E-state index contributed by atoms with van der Waals surface area (Å²) in [6.07, 6.45) is 2.02. The second kappa shape index (κ2) is 5.74. The molecule has 1 amide bonds. The van der Waals surface area contributed by atoms with E-state index in [1.807, 2.05) is 15.8 Å². The van der Waals surface area contributed by atoms with Gasteiger partial charge in [0.25, 0.3) is 5.91 Å². The van der Waals surface area contributed by atoms with Crippen LogP contribution in [0.2, 0.25) is 0 Å². The lowest BCUT2D eigenvalue weighted by molar-refractivity contribution is 0.0727. The molecule has 0 atom stereocenters. The highest BCUT2D eigenvalue weighted by Gasteiger charge is 2.25. The topological polar surface area (TPSA) is 50.2 Å². The first-order valence-corrected chi connectivity index (χ1v) is 7.09. The van der Waals surface area contributed by atoms with E-state index in [0.29, 0.717) is 11.6 Å². The van der Waals surface area contributed by atoms with Gasteiger partial charge in [-0.15, -0.1) is 0 Å². The van der Waals surface area contributed by atoms with Crippen molar-refractivity contribution in [2.75, 3.05) is 26.2 Å². The highest BCUT2D eigenvalue weighted by atomic mass is 16.2. The second-order valence-corrected chi connectivity index (χ2v) is 5.70. The molecule has 1 fully saturated rings. The van der Waals surface area contributed by atoms with Gasteiger partial charge in [0.2, 0.25) is 0 Å². The number of aromatic nitrogens is 2. The molecule has 0 radical (unpaired) electrons. The Hall–Kier alpha value is -1.36. The number of hydrogen-bond donors (Lipinski definition) is 1. The normalized spacial score (nSPS) is 16.4. The number of carbonyl (C=O) groups is 1. The van der Waals surface area contributed by atoms with Crippen LogP contribution in [0.5, 0.6) is 0 Å². The molecule has 1 aromatic heterocycles. The summed E-state index contributed by atoms with van der Waals surface area (Å²) in [4.78, 5) is 14.5. The second-order valence-electron chi connectivity index (χ2n) is 5.70. The van der Waals surface area contributed by atoms with Gasteiger partial charge in [-0.2, -0.15) is 5.10 Å². The summed E-state index contributed by atoms with van der Waals surface area (Å²) < 4.78 is 1.89. The zero-order chi connectivity index (χ0) is 14.0. The SMILES string of the molecule is CC(C)c1cn(C(C)C)nc1C(=O)N1CCNCC1. The largest absolute Gasteiger partial charge is 0.335 e. The van der Waals surface area contributed by atoms with Gasteiger partial charge < -0.3 is 10.2 Å². The fraction of sp³-hybridized carbons (Fsp3) is 0.714. The van der Waals surface area contributed by atoms with Crippen molar-refractivity contribution in [2.24, 2.45) is 0 Å². The van der Waals surface area contributed by atoms with Gasteiger partial charge in [0.1, 0.15) is 0 Å². The Kier molecular flexibility index (Phi) is 4.24. The van der Waals surface area contributed by atoms with E-state index in [4.69, 9.17) is 0 Å². The monoisotopic (exact) mass is 264 g/mol. The molecule has 2 heterocycles. The van der Waals surface area contributed by atoms with E-state index in [0.717, 1.165) is 31.7 Å². The minimum atomic E-state index is 0.0737. The van der Waals surface area contributed by atoms with Gasteiger partial charge in [0, 0.05) is 44.0 Å². The van der Waals surface area contributed by atoms with E-state index in [-0.39, 0.29) is 11.9 Å². The van der Waals surface area contributed by atoms with E-state index < -0.39 is 0 Å². The van der Waals surface area contributed by atoms with Gasteiger partial charge in [0.05, 0.1) is 0 Å². The third kappa shape index (κ3) is 2.97. The Balaban J connectivity index is 2.28. The summed E-state index contributed by atoms with van der Waals surface area (Å²) in [7, 11) is 0. The lowest BCUT2D eigenvalue weighted by Gasteiger charge is -2.27. The maximum Gasteiger partial charge on any atom is 0.274 e. The highest BCUT2D eigenvalue weighted by molar-refractivity contribution is 5.94. The van der Waals surface area contributed by atoms with Crippen LogP contribution in [0.15, 0.2) is 6.20 Å². The van der Waals surface area contributed by atoms with Gasteiger partial charge in [-0.3, -0.25) is 9.48 Å². The molecule has 5 heteroatoms. The van der Waals surface area contributed by atoms with Crippen molar-refractivity contribution < 1.29 is 4.79 Å². The summed E-state index contributed by atoms with van der Waals surface area (Å²) in [6.45, 7) is 11.6. The van der Waals surface area contributed by atoms with Crippen molar-refractivity contribution in [1.82, 2.24) is 20.0 Å². The predicted molar refractivity (Wildman–Crippen MR) is 75.5 cm³/mol. The third-order valence-electron chi connectivity index (χ3n) is 3.52. The molecule has 0 aromatic carbocycles. The number of hydrogen-bond acceptors (Lipinski definition) is 3. The quantitative estimate of drug-likeness (QED) is 0.903. The standard InChI is InChI=1S/C14H24N4O/c1-10(2)12-9-18(11(3)4)16-13(12)14(19)17-7-5-15-6-8-17/h9-11,15H,5-8H2,1-4H3.